The summed E-state index contributed by atoms with van der Waals surface area (Å²) >= 11 is 1.83. The van der Waals surface area contributed by atoms with Crippen molar-refractivity contribution in [1.82, 2.24) is 19.9 Å². The van der Waals surface area contributed by atoms with Crippen LogP contribution in [-0.2, 0) is 12.0 Å². The molecule has 1 aliphatic carbocycles. The second-order valence-electron chi connectivity index (χ2n) is 8.84. The van der Waals surface area contributed by atoms with Crippen molar-refractivity contribution in [1.29, 1.82) is 0 Å². The van der Waals surface area contributed by atoms with Gasteiger partial charge in [-0.15, -0.1) is 11.3 Å². The van der Waals surface area contributed by atoms with Gasteiger partial charge >= 0.3 is 0 Å². The van der Waals surface area contributed by atoms with E-state index in [1.807, 2.05) is 29.5 Å². The number of H-pyrrole nitrogens is 1. The second-order valence-corrected chi connectivity index (χ2v) is 10.1. The maximum atomic E-state index is 5.95. The number of nitrogens with two attached hydrogens (primary N) is 1. The number of pyridine rings is 2. The molecule has 0 saturated carbocycles. The highest BCUT2D eigenvalue weighted by Crippen LogP contribution is 2.43. The van der Waals surface area contributed by atoms with Crippen LogP contribution in [0.1, 0.15) is 51.6 Å². The molecule has 34 heavy (non-hydrogen) atoms. The van der Waals surface area contributed by atoms with Crippen molar-refractivity contribution in [3.63, 3.8) is 0 Å². The molecule has 6 rings (SSSR count). The first-order chi connectivity index (χ1) is 16.5. The Kier molecular flexibility index (Phi) is 4.77. The first-order valence-electron chi connectivity index (χ1n) is 11.1. The van der Waals surface area contributed by atoms with E-state index >= 15 is 0 Å². The van der Waals surface area contributed by atoms with E-state index in [1.165, 1.54) is 9.75 Å². The van der Waals surface area contributed by atoms with E-state index in [0.717, 1.165) is 40.3 Å². The van der Waals surface area contributed by atoms with Crippen molar-refractivity contribution in [2.75, 3.05) is 5.73 Å². The number of aromatic nitrogens is 4. The molecule has 0 saturated heterocycles. The summed E-state index contributed by atoms with van der Waals surface area (Å²) < 4.78 is 0. The number of thiophene rings is 1. The van der Waals surface area contributed by atoms with E-state index in [9.17, 15) is 0 Å². The summed E-state index contributed by atoms with van der Waals surface area (Å²) in [6.07, 6.45) is 10.2. The van der Waals surface area contributed by atoms with Gasteiger partial charge in [-0.3, -0.25) is 9.98 Å². The number of nitrogen functional groups attached to an aromatic ring is 1. The van der Waals surface area contributed by atoms with Crippen molar-refractivity contribution in [3.05, 3.63) is 87.0 Å². The molecule has 7 nitrogen and oxygen atoms in total. The van der Waals surface area contributed by atoms with Gasteiger partial charge in [-0.05, 0) is 50.6 Å². The van der Waals surface area contributed by atoms with Crippen molar-refractivity contribution >= 4 is 35.2 Å². The Labute approximate surface area is 201 Å². The molecular formula is C26H23N7S. The zero-order valence-electron chi connectivity index (χ0n) is 18.9. The predicted molar refractivity (Wildman–Crippen MR) is 137 cm³/mol. The van der Waals surface area contributed by atoms with Crippen LogP contribution < -0.4 is 5.73 Å². The molecule has 0 aromatic carbocycles. The summed E-state index contributed by atoms with van der Waals surface area (Å²) in [4.78, 5) is 29.5. The van der Waals surface area contributed by atoms with Gasteiger partial charge in [-0.1, -0.05) is 12.1 Å². The second kappa shape index (κ2) is 7.85. The number of aliphatic imine (C=N–C) groups is 2. The molecule has 1 aliphatic heterocycles. The minimum atomic E-state index is -0.168. The van der Waals surface area contributed by atoms with Crippen LogP contribution in [0.5, 0.6) is 0 Å². The number of nitrogens with zero attached hydrogens (tertiary/aromatic N) is 5. The van der Waals surface area contributed by atoms with Crippen LogP contribution in [0, 0.1) is 6.92 Å². The summed E-state index contributed by atoms with van der Waals surface area (Å²) in [6.45, 7) is 4.93. The van der Waals surface area contributed by atoms with Crippen LogP contribution in [0.4, 0.5) is 5.69 Å². The third-order valence-electron chi connectivity index (χ3n) is 6.38. The van der Waals surface area contributed by atoms with E-state index in [1.54, 1.807) is 18.7 Å². The van der Waals surface area contributed by atoms with Crippen LogP contribution in [-0.4, -0.2) is 32.0 Å². The Morgan fingerprint density at radius 2 is 2.03 bits per heavy atom. The number of rotatable bonds is 3. The molecule has 3 N–H and O–H groups in total. The molecule has 168 valence electrons. The molecule has 4 aromatic rings. The van der Waals surface area contributed by atoms with E-state index in [4.69, 9.17) is 15.7 Å². The molecule has 0 bridgehead atoms. The first kappa shape index (κ1) is 20.7. The summed E-state index contributed by atoms with van der Waals surface area (Å²) in [6, 6.07) is 10.3. The number of fused-ring (bicyclic) bond motifs is 2. The highest BCUT2D eigenvalue weighted by Gasteiger charge is 2.36. The van der Waals surface area contributed by atoms with Crippen molar-refractivity contribution in [2.45, 2.75) is 32.2 Å². The van der Waals surface area contributed by atoms with E-state index in [-0.39, 0.29) is 5.41 Å². The third-order valence-corrected chi connectivity index (χ3v) is 7.65. The zero-order chi connectivity index (χ0) is 23.3. The predicted octanol–water partition coefficient (Wildman–Crippen LogP) is 4.92. The van der Waals surface area contributed by atoms with Crippen LogP contribution in [0.25, 0.3) is 17.3 Å². The Morgan fingerprint density at radius 1 is 1.12 bits per heavy atom. The number of anilines is 1. The Hall–Kier alpha value is -3.91. The number of aryl methyl sites for hydroxylation is 1. The fraction of sp³-hybridized carbons (Fsp3) is 0.192. The number of aromatic amines is 1. The van der Waals surface area contributed by atoms with Crippen molar-refractivity contribution in [2.24, 2.45) is 9.98 Å². The van der Waals surface area contributed by atoms with Gasteiger partial charge < -0.3 is 10.7 Å². The molecule has 5 heterocycles. The summed E-state index contributed by atoms with van der Waals surface area (Å²) in [5.41, 5.74) is 12.5. The lowest BCUT2D eigenvalue weighted by molar-refractivity contribution is 0.569. The van der Waals surface area contributed by atoms with Crippen LogP contribution >= 0.6 is 11.3 Å². The third kappa shape index (κ3) is 3.38. The lowest BCUT2D eigenvalue weighted by Gasteiger charge is -2.29. The van der Waals surface area contributed by atoms with Gasteiger partial charge in [0.1, 0.15) is 12.1 Å². The smallest absolute Gasteiger partial charge is 0.159 e. The topological polar surface area (TPSA) is 105 Å². The monoisotopic (exact) mass is 465 g/mol. The zero-order valence-corrected chi connectivity index (χ0v) is 19.7. The van der Waals surface area contributed by atoms with Gasteiger partial charge in [0.2, 0.25) is 0 Å². The highest BCUT2D eigenvalue weighted by atomic mass is 32.1. The highest BCUT2D eigenvalue weighted by molar-refractivity contribution is 7.12. The van der Waals surface area contributed by atoms with Gasteiger partial charge in [0.05, 0.1) is 35.0 Å². The van der Waals surface area contributed by atoms with Crippen LogP contribution in [0.3, 0.4) is 0 Å². The lowest BCUT2D eigenvalue weighted by Crippen LogP contribution is -2.25. The normalized spacial score (nSPS) is 18.8. The molecule has 4 aromatic heterocycles. The molecule has 2 aliphatic rings. The first-order valence-corrected chi connectivity index (χ1v) is 11.9. The van der Waals surface area contributed by atoms with Gasteiger partial charge in [0, 0.05) is 38.7 Å². The SMILES string of the molecule is Cc1ccc(C2(C)CC=Cc3nc(C4=NC=NCc5ccc(-c6cncc(N)c6)nc54)[nH]c32)s1. The molecule has 0 amide bonds. The number of imidazole rings is 1. The number of allylic oxidation sites excluding steroid dienone is 1. The molecule has 1 unspecified atom stereocenters. The van der Waals surface area contributed by atoms with Gasteiger partial charge in [0.25, 0.3) is 0 Å². The van der Waals surface area contributed by atoms with Crippen LogP contribution in [0.15, 0.2) is 58.8 Å². The Bertz CT molecular complexity index is 1510. The number of nitrogens with one attached hydrogen (secondary N) is 1. The molecule has 8 heteroatoms. The van der Waals surface area contributed by atoms with Gasteiger partial charge in [0.15, 0.2) is 5.82 Å². The molecular weight excluding hydrogens is 442 g/mol. The average molecular weight is 466 g/mol. The summed E-state index contributed by atoms with van der Waals surface area (Å²) in [5.74, 6) is 0.695. The molecule has 0 radical (unpaired) electrons. The summed E-state index contributed by atoms with van der Waals surface area (Å²) in [7, 11) is 0. The molecule has 0 spiro atoms. The number of hydrogen-bond acceptors (Lipinski definition) is 7. The standard InChI is InChI=1S/C26H23N7S/c1-15-5-8-21(34-15)26(2)9-3-4-20-24(26)33-25(32-20)23-22-16(11-29-14-30-23)6-7-19(31-22)17-10-18(27)13-28-12-17/h3-8,10,12-14H,9,11,27H2,1-2H3,(H,32,33). The van der Waals surface area contributed by atoms with Crippen molar-refractivity contribution in [3.8, 4) is 11.3 Å². The van der Waals surface area contributed by atoms with Gasteiger partial charge in [-0.2, -0.15) is 0 Å². The van der Waals surface area contributed by atoms with E-state index in [0.29, 0.717) is 23.8 Å². The fourth-order valence-electron chi connectivity index (χ4n) is 4.55. The van der Waals surface area contributed by atoms with Crippen molar-refractivity contribution < 1.29 is 0 Å². The Balaban J connectivity index is 1.47. The minimum Gasteiger partial charge on any atom is -0.397 e. The lowest BCUT2D eigenvalue weighted by atomic mass is 9.78. The maximum absolute atomic E-state index is 5.95. The molecule has 0 fully saturated rings. The van der Waals surface area contributed by atoms with E-state index < -0.39 is 0 Å². The van der Waals surface area contributed by atoms with Gasteiger partial charge in [-0.25, -0.2) is 15.0 Å². The fourth-order valence-corrected chi connectivity index (χ4v) is 5.58. The Morgan fingerprint density at radius 3 is 2.85 bits per heavy atom. The molecule has 1 atom stereocenters. The maximum Gasteiger partial charge on any atom is 0.159 e. The minimum absolute atomic E-state index is 0.168. The number of hydrogen-bond donors (Lipinski definition) is 2. The van der Waals surface area contributed by atoms with Crippen LogP contribution in [0.2, 0.25) is 0 Å². The average Bonchev–Trinajstić information content (AvgIpc) is 3.41. The largest absolute Gasteiger partial charge is 0.397 e. The summed E-state index contributed by atoms with van der Waals surface area (Å²) in [5, 5.41) is 0. The van der Waals surface area contributed by atoms with E-state index in [2.05, 4.69) is 58.1 Å². The quantitative estimate of drug-likeness (QED) is 0.448.